The van der Waals surface area contributed by atoms with Gasteiger partial charge in [0.1, 0.15) is 11.6 Å². The number of nitrogens with one attached hydrogen (secondary N) is 1. The van der Waals surface area contributed by atoms with Gasteiger partial charge in [0.05, 0.1) is 11.6 Å². The normalized spacial score (nSPS) is 15.6. The van der Waals surface area contributed by atoms with E-state index in [9.17, 15) is 14.3 Å². The number of aromatic hydroxyl groups is 1. The molecule has 1 aliphatic heterocycles. The van der Waals surface area contributed by atoms with Crippen molar-refractivity contribution < 1.29 is 14.3 Å². The average molecular weight is 224 g/mol. The zero-order valence-corrected chi connectivity index (χ0v) is 8.90. The van der Waals surface area contributed by atoms with Gasteiger partial charge in [-0.1, -0.05) is 0 Å². The van der Waals surface area contributed by atoms with Crippen LogP contribution in [0.3, 0.4) is 0 Å². The molecule has 2 N–H and O–H groups in total. The second-order valence-corrected chi connectivity index (χ2v) is 3.89. The first-order chi connectivity index (χ1) is 7.59. The molecule has 0 saturated carbocycles. The Morgan fingerprint density at radius 3 is 2.75 bits per heavy atom. The molecular formula is C11H13FN2O2. The molecule has 1 saturated heterocycles. The van der Waals surface area contributed by atoms with Gasteiger partial charge in [0, 0.05) is 26.2 Å². The number of carbonyl (C=O) groups excluding carboxylic acids is 1. The Labute approximate surface area is 92.7 Å². The Bertz CT molecular complexity index is 418. The summed E-state index contributed by atoms with van der Waals surface area (Å²) in [5.41, 5.74) is 0.135. The lowest BCUT2D eigenvalue weighted by Crippen LogP contribution is -2.57. The summed E-state index contributed by atoms with van der Waals surface area (Å²) < 4.78 is 12.8. The molecule has 1 heterocycles. The van der Waals surface area contributed by atoms with Crippen LogP contribution in [0.4, 0.5) is 4.39 Å². The second-order valence-electron chi connectivity index (χ2n) is 3.89. The molecule has 1 aromatic rings. The van der Waals surface area contributed by atoms with Gasteiger partial charge in [0.2, 0.25) is 0 Å². The minimum absolute atomic E-state index is 0.135. The molecular weight excluding hydrogens is 211 g/mol. The van der Waals surface area contributed by atoms with Crippen LogP contribution in [0.15, 0.2) is 18.2 Å². The van der Waals surface area contributed by atoms with Crippen LogP contribution < -0.4 is 5.32 Å². The first-order valence-corrected chi connectivity index (χ1v) is 5.06. The quantitative estimate of drug-likeness (QED) is 0.772. The van der Waals surface area contributed by atoms with Crippen molar-refractivity contribution in [2.45, 2.75) is 6.04 Å². The predicted molar refractivity (Wildman–Crippen MR) is 56.8 cm³/mol. The van der Waals surface area contributed by atoms with Crippen LogP contribution in [0.25, 0.3) is 0 Å². The van der Waals surface area contributed by atoms with E-state index in [1.807, 2.05) is 0 Å². The molecule has 86 valence electrons. The van der Waals surface area contributed by atoms with Gasteiger partial charge in [-0.25, -0.2) is 4.39 Å². The summed E-state index contributed by atoms with van der Waals surface area (Å²) in [6, 6.07) is 3.56. The molecule has 1 aromatic carbocycles. The summed E-state index contributed by atoms with van der Waals surface area (Å²) in [5.74, 6) is -1.16. The first-order valence-electron chi connectivity index (χ1n) is 5.06. The van der Waals surface area contributed by atoms with Crippen molar-refractivity contribution in [1.29, 1.82) is 0 Å². The summed E-state index contributed by atoms with van der Waals surface area (Å²) in [6.07, 6.45) is 0. The van der Waals surface area contributed by atoms with Crippen molar-refractivity contribution in [3.63, 3.8) is 0 Å². The van der Waals surface area contributed by atoms with E-state index in [2.05, 4.69) is 5.32 Å². The Morgan fingerprint density at radius 1 is 1.56 bits per heavy atom. The number of hydrogen-bond donors (Lipinski definition) is 2. The van der Waals surface area contributed by atoms with Crippen LogP contribution >= 0.6 is 0 Å². The Morgan fingerprint density at radius 2 is 2.25 bits per heavy atom. The van der Waals surface area contributed by atoms with Gasteiger partial charge in [-0.05, 0) is 12.1 Å². The van der Waals surface area contributed by atoms with E-state index >= 15 is 0 Å². The number of benzene rings is 1. The summed E-state index contributed by atoms with van der Waals surface area (Å²) >= 11 is 0. The molecule has 1 amide bonds. The molecule has 1 aliphatic rings. The standard InChI is InChI=1S/C11H13FN2O2/c1-14(8-5-13-6-8)11(16)9-3-2-7(12)4-10(9)15/h2-4,8,13,15H,5-6H2,1H3. The van der Waals surface area contributed by atoms with Gasteiger partial charge in [-0.3, -0.25) is 4.79 Å². The number of halogens is 1. The summed E-state index contributed by atoms with van der Waals surface area (Å²) in [5, 5.41) is 12.5. The fourth-order valence-corrected chi connectivity index (χ4v) is 1.59. The minimum Gasteiger partial charge on any atom is -0.507 e. The summed E-state index contributed by atoms with van der Waals surface area (Å²) in [7, 11) is 1.68. The van der Waals surface area contributed by atoms with E-state index in [4.69, 9.17) is 0 Å². The van der Waals surface area contributed by atoms with Crippen molar-refractivity contribution in [3.8, 4) is 5.75 Å². The molecule has 0 aromatic heterocycles. The fraction of sp³-hybridized carbons (Fsp3) is 0.364. The predicted octanol–water partition coefficient (Wildman–Crippen LogP) is 0.575. The molecule has 4 nitrogen and oxygen atoms in total. The second kappa shape index (κ2) is 4.09. The van der Waals surface area contributed by atoms with Gasteiger partial charge in [-0.15, -0.1) is 0 Å². The third-order valence-electron chi connectivity index (χ3n) is 2.82. The van der Waals surface area contributed by atoms with E-state index in [-0.39, 0.29) is 23.3 Å². The number of carbonyl (C=O) groups is 1. The number of hydrogen-bond acceptors (Lipinski definition) is 3. The molecule has 1 fully saturated rings. The highest BCUT2D eigenvalue weighted by atomic mass is 19.1. The topological polar surface area (TPSA) is 52.6 Å². The number of nitrogens with zero attached hydrogens (tertiary/aromatic N) is 1. The average Bonchev–Trinajstić information content (AvgIpc) is 2.14. The van der Waals surface area contributed by atoms with Gasteiger partial charge in [-0.2, -0.15) is 0 Å². The maximum atomic E-state index is 12.8. The number of amides is 1. The lowest BCUT2D eigenvalue weighted by Gasteiger charge is -2.35. The van der Waals surface area contributed by atoms with E-state index in [1.165, 1.54) is 12.1 Å². The van der Waals surface area contributed by atoms with Crippen LogP contribution in [-0.4, -0.2) is 42.1 Å². The molecule has 2 rings (SSSR count). The Kier molecular flexibility index (Phi) is 2.78. The summed E-state index contributed by atoms with van der Waals surface area (Å²) in [4.78, 5) is 13.5. The van der Waals surface area contributed by atoms with Crippen LogP contribution in [0.2, 0.25) is 0 Å². The van der Waals surface area contributed by atoms with Crippen LogP contribution in [0, 0.1) is 5.82 Å². The maximum Gasteiger partial charge on any atom is 0.257 e. The lowest BCUT2D eigenvalue weighted by molar-refractivity contribution is 0.0678. The van der Waals surface area contributed by atoms with Crippen molar-refractivity contribution in [3.05, 3.63) is 29.6 Å². The van der Waals surface area contributed by atoms with E-state index in [0.717, 1.165) is 19.2 Å². The first kappa shape index (κ1) is 10.9. The minimum atomic E-state index is -0.554. The van der Waals surface area contributed by atoms with E-state index in [1.54, 1.807) is 11.9 Å². The van der Waals surface area contributed by atoms with Gasteiger partial charge in [0.25, 0.3) is 5.91 Å². The SMILES string of the molecule is CN(C(=O)c1ccc(F)cc1O)C1CNC1. The number of likely N-dealkylation sites (N-methyl/N-ethyl adjacent to an activating group) is 1. The van der Waals surface area contributed by atoms with Crippen LogP contribution in [0.5, 0.6) is 5.75 Å². The molecule has 0 atom stereocenters. The highest BCUT2D eigenvalue weighted by Gasteiger charge is 2.27. The molecule has 0 aliphatic carbocycles. The molecule has 0 spiro atoms. The fourth-order valence-electron chi connectivity index (χ4n) is 1.59. The maximum absolute atomic E-state index is 12.8. The van der Waals surface area contributed by atoms with E-state index in [0.29, 0.717) is 0 Å². The van der Waals surface area contributed by atoms with Gasteiger partial charge in [0.15, 0.2) is 0 Å². The lowest BCUT2D eigenvalue weighted by atomic mass is 10.1. The zero-order chi connectivity index (χ0) is 11.7. The monoisotopic (exact) mass is 224 g/mol. The highest BCUT2D eigenvalue weighted by molar-refractivity contribution is 5.96. The third kappa shape index (κ3) is 1.86. The molecule has 5 heteroatoms. The third-order valence-corrected chi connectivity index (χ3v) is 2.82. The largest absolute Gasteiger partial charge is 0.507 e. The van der Waals surface area contributed by atoms with Crippen molar-refractivity contribution in [2.75, 3.05) is 20.1 Å². The number of phenols is 1. The van der Waals surface area contributed by atoms with Crippen molar-refractivity contribution >= 4 is 5.91 Å². The molecule has 0 radical (unpaired) electrons. The van der Waals surface area contributed by atoms with Crippen molar-refractivity contribution in [2.24, 2.45) is 0 Å². The van der Waals surface area contributed by atoms with E-state index < -0.39 is 5.82 Å². The zero-order valence-electron chi connectivity index (χ0n) is 8.90. The van der Waals surface area contributed by atoms with Crippen LogP contribution in [0.1, 0.15) is 10.4 Å². The molecule has 16 heavy (non-hydrogen) atoms. The Hall–Kier alpha value is -1.62. The number of rotatable bonds is 2. The highest BCUT2D eigenvalue weighted by Crippen LogP contribution is 2.20. The molecule has 0 bridgehead atoms. The van der Waals surface area contributed by atoms with Crippen molar-refractivity contribution in [1.82, 2.24) is 10.2 Å². The smallest absolute Gasteiger partial charge is 0.257 e. The Balaban J connectivity index is 2.19. The summed E-state index contributed by atoms with van der Waals surface area (Å²) in [6.45, 7) is 1.51. The number of phenolic OH excluding ortho intramolecular Hbond substituents is 1. The van der Waals surface area contributed by atoms with Gasteiger partial charge >= 0.3 is 0 Å². The van der Waals surface area contributed by atoms with Crippen LogP contribution in [-0.2, 0) is 0 Å². The molecule has 0 unspecified atom stereocenters. The van der Waals surface area contributed by atoms with Gasteiger partial charge < -0.3 is 15.3 Å².